The SMILES string of the molecule is CCCCCCCCc1nc(C(N)CO)no1. The van der Waals surface area contributed by atoms with Crippen molar-refractivity contribution in [2.24, 2.45) is 5.73 Å². The highest BCUT2D eigenvalue weighted by molar-refractivity contribution is 4.92. The van der Waals surface area contributed by atoms with Crippen molar-refractivity contribution in [3.8, 4) is 0 Å². The van der Waals surface area contributed by atoms with Crippen molar-refractivity contribution in [2.45, 2.75) is 57.9 Å². The average molecular weight is 241 g/mol. The van der Waals surface area contributed by atoms with Crippen LogP contribution in [0.2, 0.25) is 0 Å². The predicted molar refractivity (Wildman–Crippen MR) is 65.4 cm³/mol. The minimum atomic E-state index is -0.531. The molecule has 0 saturated carbocycles. The van der Waals surface area contributed by atoms with E-state index in [9.17, 15) is 0 Å². The van der Waals surface area contributed by atoms with Crippen molar-refractivity contribution in [3.63, 3.8) is 0 Å². The van der Waals surface area contributed by atoms with Crippen molar-refractivity contribution in [1.29, 1.82) is 0 Å². The van der Waals surface area contributed by atoms with Crippen LogP contribution < -0.4 is 5.73 Å². The number of unbranched alkanes of at least 4 members (excludes halogenated alkanes) is 5. The topological polar surface area (TPSA) is 85.2 Å². The third-order valence-corrected chi connectivity index (χ3v) is 2.76. The Morgan fingerprint density at radius 3 is 2.65 bits per heavy atom. The fourth-order valence-electron chi connectivity index (χ4n) is 1.66. The van der Waals surface area contributed by atoms with E-state index >= 15 is 0 Å². The number of aliphatic hydroxyl groups excluding tert-OH is 1. The molecule has 0 bridgehead atoms. The van der Waals surface area contributed by atoms with Gasteiger partial charge in [0.05, 0.1) is 12.6 Å². The van der Waals surface area contributed by atoms with Gasteiger partial charge in [0, 0.05) is 6.42 Å². The van der Waals surface area contributed by atoms with E-state index in [0.717, 1.165) is 12.8 Å². The first kappa shape index (κ1) is 14.1. The molecular weight excluding hydrogens is 218 g/mol. The molecular formula is C12H23N3O2. The average Bonchev–Trinajstić information content (AvgIpc) is 2.81. The molecule has 0 spiro atoms. The van der Waals surface area contributed by atoms with Gasteiger partial charge in [0.1, 0.15) is 0 Å². The number of aryl methyl sites for hydroxylation is 1. The third-order valence-electron chi connectivity index (χ3n) is 2.76. The van der Waals surface area contributed by atoms with Gasteiger partial charge in [-0.15, -0.1) is 0 Å². The van der Waals surface area contributed by atoms with E-state index in [1.807, 2.05) is 0 Å². The monoisotopic (exact) mass is 241 g/mol. The van der Waals surface area contributed by atoms with E-state index in [1.165, 1.54) is 32.1 Å². The van der Waals surface area contributed by atoms with Crippen LogP contribution in [-0.2, 0) is 6.42 Å². The molecule has 5 nitrogen and oxygen atoms in total. The second-order valence-corrected chi connectivity index (χ2v) is 4.35. The normalized spacial score (nSPS) is 12.9. The zero-order valence-electron chi connectivity index (χ0n) is 10.6. The van der Waals surface area contributed by atoms with Gasteiger partial charge in [-0.3, -0.25) is 0 Å². The molecule has 5 heteroatoms. The number of nitrogens with two attached hydrogens (primary N) is 1. The van der Waals surface area contributed by atoms with Crippen molar-refractivity contribution >= 4 is 0 Å². The number of aromatic nitrogens is 2. The molecule has 1 unspecified atom stereocenters. The van der Waals surface area contributed by atoms with Gasteiger partial charge in [0.25, 0.3) is 0 Å². The van der Waals surface area contributed by atoms with E-state index in [4.69, 9.17) is 15.4 Å². The maximum Gasteiger partial charge on any atom is 0.226 e. The smallest absolute Gasteiger partial charge is 0.226 e. The lowest BCUT2D eigenvalue weighted by atomic mass is 10.1. The summed E-state index contributed by atoms with van der Waals surface area (Å²) in [7, 11) is 0. The maximum atomic E-state index is 8.85. The molecule has 0 radical (unpaired) electrons. The van der Waals surface area contributed by atoms with Crippen LogP contribution in [0.4, 0.5) is 0 Å². The first-order chi connectivity index (χ1) is 8.27. The number of hydrogen-bond acceptors (Lipinski definition) is 5. The molecule has 0 aliphatic carbocycles. The van der Waals surface area contributed by atoms with Gasteiger partial charge in [-0.1, -0.05) is 44.2 Å². The van der Waals surface area contributed by atoms with E-state index in [0.29, 0.717) is 11.7 Å². The number of rotatable bonds is 9. The van der Waals surface area contributed by atoms with Crippen LogP contribution in [0.5, 0.6) is 0 Å². The Labute approximate surface area is 102 Å². The standard InChI is InChI=1S/C12H23N3O2/c1-2-3-4-5-6-7-8-11-14-12(15-17-11)10(13)9-16/h10,16H,2-9,13H2,1H3. The minimum absolute atomic E-state index is 0.157. The Hall–Kier alpha value is -0.940. The molecule has 0 aliphatic heterocycles. The van der Waals surface area contributed by atoms with Gasteiger partial charge in [-0.2, -0.15) is 4.98 Å². The molecule has 17 heavy (non-hydrogen) atoms. The van der Waals surface area contributed by atoms with Gasteiger partial charge >= 0.3 is 0 Å². The molecule has 1 rings (SSSR count). The van der Waals surface area contributed by atoms with Gasteiger partial charge in [0.2, 0.25) is 5.89 Å². The molecule has 1 aromatic heterocycles. The summed E-state index contributed by atoms with van der Waals surface area (Å²) in [5.41, 5.74) is 5.58. The van der Waals surface area contributed by atoms with E-state index in [-0.39, 0.29) is 6.61 Å². The largest absolute Gasteiger partial charge is 0.394 e. The molecule has 0 aliphatic rings. The Morgan fingerprint density at radius 1 is 1.24 bits per heavy atom. The molecule has 1 aromatic rings. The Kier molecular flexibility index (Phi) is 6.81. The summed E-state index contributed by atoms with van der Waals surface area (Å²) in [6.07, 6.45) is 8.23. The van der Waals surface area contributed by atoms with E-state index in [1.54, 1.807) is 0 Å². The third kappa shape index (κ3) is 5.28. The molecule has 0 fully saturated rings. The first-order valence-electron chi connectivity index (χ1n) is 6.46. The highest BCUT2D eigenvalue weighted by Crippen LogP contribution is 2.10. The van der Waals surface area contributed by atoms with Crippen LogP contribution in [0.25, 0.3) is 0 Å². The summed E-state index contributed by atoms with van der Waals surface area (Å²) >= 11 is 0. The van der Waals surface area contributed by atoms with Gasteiger partial charge in [-0.25, -0.2) is 0 Å². The zero-order valence-corrected chi connectivity index (χ0v) is 10.6. The fraction of sp³-hybridized carbons (Fsp3) is 0.833. The van der Waals surface area contributed by atoms with Crippen LogP contribution in [0.1, 0.15) is 63.2 Å². The van der Waals surface area contributed by atoms with Crippen molar-refractivity contribution < 1.29 is 9.63 Å². The Bertz CT molecular complexity index is 302. The fourth-order valence-corrected chi connectivity index (χ4v) is 1.66. The highest BCUT2D eigenvalue weighted by Gasteiger charge is 2.12. The second kappa shape index (κ2) is 8.20. The first-order valence-corrected chi connectivity index (χ1v) is 6.46. The minimum Gasteiger partial charge on any atom is -0.394 e. The molecule has 1 atom stereocenters. The molecule has 98 valence electrons. The van der Waals surface area contributed by atoms with Crippen LogP contribution in [-0.4, -0.2) is 21.9 Å². The van der Waals surface area contributed by atoms with Crippen LogP contribution in [0, 0.1) is 0 Å². The number of hydrogen-bond donors (Lipinski definition) is 2. The Morgan fingerprint density at radius 2 is 1.94 bits per heavy atom. The summed E-state index contributed by atoms with van der Waals surface area (Å²) in [6, 6.07) is -0.531. The molecule has 0 aromatic carbocycles. The van der Waals surface area contributed by atoms with Gasteiger partial charge in [0.15, 0.2) is 5.82 Å². The van der Waals surface area contributed by atoms with Crippen molar-refractivity contribution in [3.05, 3.63) is 11.7 Å². The number of nitrogens with zero attached hydrogens (tertiary/aromatic N) is 2. The molecule has 0 amide bonds. The molecule has 0 saturated heterocycles. The summed E-state index contributed by atoms with van der Waals surface area (Å²) < 4.78 is 5.06. The lowest BCUT2D eigenvalue weighted by Gasteiger charge is -1.99. The zero-order chi connectivity index (χ0) is 12.5. The van der Waals surface area contributed by atoms with Crippen LogP contribution in [0.15, 0.2) is 4.52 Å². The summed E-state index contributed by atoms with van der Waals surface area (Å²) in [6.45, 7) is 2.06. The van der Waals surface area contributed by atoms with Crippen molar-refractivity contribution in [2.75, 3.05) is 6.61 Å². The quantitative estimate of drug-likeness (QED) is 0.645. The van der Waals surface area contributed by atoms with E-state index < -0.39 is 6.04 Å². The lowest BCUT2D eigenvalue weighted by Crippen LogP contribution is -2.16. The maximum absolute atomic E-state index is 8.85. The second-order valence-electron chi connectivity index (χ2n) is 4.35. The Balaban J connectivity index is 2.16. The predicted octanol–water partition coefficient (Wildman–Crippen LogP) is 1.96. The van der Waals surface area contributed by atoms with Crippen molar-refractivity contribution in [1.82, 2.24) is 10.1 Å². The van der Waals surface area contributed by atoms with E-state index in [2.05, 4.69) is 17.1 Å². The van der Waals surface area contributed by atoms with Crippen LogP contribution >= 0.6 is 0 Å². The summed E-state index contributed by atoms with van der Waals surface area (Å²) in [5.74, 6) is 1.02. The van der Waals surface area contributed by atoms with Gasteiger partial charge in [-0.05, 0) is 6.42 Å². The number of aliphatic hydroxyl groups is 1. The molecule has 1 heterocycles. The van der Waals surface area contributed by atoms with Gasteiger partial charge < -0.3 is 15.4 Å². The van der Waals surface area contributed by atoms with Crippen LogP contribution in [0.3, 0.4) is 0 Å². The summed E-state index contributed by atoms with van der Waals surface area (Å²) in [5, 5.41) is 12.6. The molecule has 3 N–H and O–H groups in total. The highest BCUT2D eigenvalue weighted by atomic mass is 16.5. The summed E-state index contributed by atoms with van der Waals surface area (Å²) in [4.78, 5) is 4.15. The lowest BCUT2D eigenvalue weighted by molar-refractivity contribution is 0.259.